The number of rotatable bonds is 6. The molecule has 1 aromatic heterocycles. The van der Waals surface area contributed by atoms with Crippen LogP contribution in [0.3, 0.4) is 0 Å². The molecule has 3 aromatic rings. The number of nitrogens with zero attached hydrogens (tertiary/aromatic N) is 2. The van der Waals surface area contributed by atoms with Gasteiger partial charge in [-0.25, -0.2) is 0 Å². The summed E-state index contributed by atoms with van der Waals surface area (Å²) in [5.74, 6) is 1.01. The Morgan fingerprint density at radius 2 is 1.69 bits per heavy atom. The van der Waals surface area contributed by atoms with Crippen molar-refractivity contribution >= 4 is 17.3 Å². The van der Waals surface area contributed by atoms with Crippen LogP contribution in [0.4, 0.5) is 11.4 Å². The second-order valence-electron chi connectivity index (χ2n) is 6.08. The maximum atomic E-state index is 11.7. The second-order valence-corrected chi connectivity index (χ2v) is 6.08. The highest BCUT2D eigenvalue weighted by Gasteiger charge is 2.19. The van der Waals surface area contributed by atoms with Crippen molar-refractivity contribution in [3.63, 3.8) is 0 Å². The highest BCUT2D eigenvalue weighted by atomic mass is 16.5. The molecule has 0 radical (unpaired) electrons. The predicted molar refractivity (Wildman–Crippen MR) is 102 cm³/mol. The fourth-order valence-electron chi connectivity index (χ4n) is 2.73. The van der Waals surface area contributed by atoms with E-state index in [1.807, 2.05) is 62.4 Å². The molecule has 26 heavy (non-hydrogen) atoms. The highest BCUT2D eigenvalue weighted by molar-refractivity contribution is 5.98. The molecular weight excluding hydrogens is 328 g/mol. The number of carbonyl (C=O) groups is 1. The van der Waals surface area contributed by atoms with Gasteiger partial charge in [-0.15, -0.1) is 0 Å². The molecule has 0 atom stereocenters. The standard InChI is InChI=1S/C20H22N4O2/c1-4-17-18(19(20(21)25)24(3)23-17)22-14-7-11-16(12-8-14)26-15-9-5-13(2)6-10-15/h5-12,22H,4H2,1-3H3,(H2,21,25). The molecule has 134 valence electrons. The quantitative estimate of drug-likeness (QED) is 0.706. The number of aryl methyl sites for hydroxylation is 3. The Bertz CT molecular complexity index is 912. The molecule has 0 bridgehead atoms. The van der Waals surface area contributed by atoms with Crippen molar-refractivity contribution < 1.29 is 9.53 Å². The van der Waals surface area contributed by atoms with Gasteiger partial charge in [0.25, 0.3) is 5.91 Å². The van der Waals surface area contributed by atoms with Gasteiger partial charge < -0.3 is 15.8 Å². The highest BCUT2D eigenvalue weighted by Crippen LogP contribution is 2.28. The van der Waals surface area contributed by atoms with E-state index >= 15 is 0 Å². The summed E-state index contributed by atoms with van der Waals surface area (Å²) in [6, 6.07) is 15.4. The lowest BCUT2D eigenvalue weighted by Crippen LogP contribution is -2.17. The SMILES string of the molecule is CCc1nn(C)c(C(N)=O)c1Nc1ccc(Oc2ccc(C)cc2)cc1. The second kappa shape index (κ2) is 7.31. The van der Waals surface area contributed by atoms with Crippen molar-refractivity contribution in [1.29, 1.82) is 0 Å². The summed E-state index contributed by atoms with van der Waals surface area (Å²) in [6.07, 6.45) is 0.693. The molecule has 0 aliphatic carbocycles. The Hall–Kier alpha value is -3.28. The minimum Gasteiger partial charge on any atom is -0.457 e. The number of carbonyl (C=O) groups excluding carboxylic acids is 1. The molecule has 0 spiro atoms. The third-order valence-corrected chi connectivity index (χ3v) is 4.07. The Kier molecular flexibility index (Phi) is 4.93. The first kappa shape index (κ1) is 17.5. The van der Waals surface area contributed by atoms with Gasteiger partial charge in [0.15, 0.2) is 0 Å². The molecule has 2 aromatic carbocycles. The number of nitrogens with two attached hydrogens (primary N) is 1. The van der Waals surface area contributed by atoms with Crippen molar-refractivity contribution in [2.24, 2.45) is 12.8 Å². The molecule has 0 saturated carbocycles. The zero-order valence-corrected chi connectivity index (χ0v) is 15.1. The number of anilines is 2. The third-order valence-electron chi connectivity index (χ3n) is 4.07. The van der Waals surface area contributed by atoms with Gasteiger partial charge in [0.2, 0.25) is 0 Å². The molecule has 6 heteroatoms. The molecule has 1 heterocycles. The maximum Gasteiger partial charge on any atom is 0.269 e. The molecule has 1 amide bonds. The van der Waals surface area contributed by atoms with Crippen LogP contribution in [0.15, 0.2) is 48.5 Å². The predicted octanol–water partition coefficient (Wildman–Crippen LogP) is 3.93. The van der Waals surface area contributed by atoms with Crippen LogP contribution in [-0.4, -0.2) is 15.7 Å². The normalized spacial score (nSPS) is 10.6. The first-order chi connectivity index (χ1) is 12.5. The molecule has 3 rings (SSSR count). The average Bonchev–Trinajstić information content (AvgIpc) is 2.94. The summed E-state index contributed by atoms with van der Waals surface area (Å²) in [6.45, 7) is 4.02. The van der Waals surface area contributed by atoms with Gasteiger partial charge in [0.1, 0.15) is 17.2 Å². The number of aromatic nitrogens is 2. The number of amides is 1. The summed E-state index contributed by atoms with van der Waals surface area (Å²) >= 11 is 0. The monoisotopic (exact) mass is 350 g/mol. The molecule has 3 N–H and O–H groups in total. The fraction of sp³-hybridized carbons (Fsp3) is 0.200. The summed E-state index contributed by atoms with van der Waals surface area (Å²) in [5.41, 5.74) is 9.31. The maximum absolute atomic E-state index is 11.7. The van der Waals surface area contributed by atoms with Crippen molar-refractivity contribution in [3.05, 3.63) is 65.5 Å². The van der Waals surface area contributed by atoms with Crippen LogP contribution >= 0.6 is 0 Å². The van der Waals surface area contributed by atoms with E-state index in [2.05, 4.69) is 10.4 Å². The minimum atomic E-state index is -0.512. The van der Waals surface area contributed by atoms with E-state index in [9.17, 15) is 4.79 Å². The molecule has 0 unspecified atom stereocenters. The number of ether oxygens (including phenoxy) is 1. The van der Waals surface area contributed by atoms with E-state index in [1.54, 1.807) is 7.05 Å². The zero-order chi connectivity index (χ0) is 18.7. The van der Waals surface area contributed by atoms with Crippen LogP contribution in [-0.2, 0) is 13.5 Å². The van der Waals surface area contributed by atoms with Gasteiger partial charge >= 0.3 is 0 Å². The van der Waals surface area contributed by atoms with E-state index in [1.165, 1.54) is 10.2 Å². The summed E-state index contributed by atoms with van der Waals surface area (Å²) < 4.78 is 7.34. The van der Waals surface area contributed by atoms with Crippen molar-refractivity contribution in [1.82, 2.24) is 9.78 Å². The first-order valence-electron chi connectivity index (χ1n) is 8.45. The van der Waals surface area contributed by atoms with E-state index in [0.29, 0.717) is 17.8 Å². The van der Waals surface area contributed by atoms with Crippen molar-refractivity contribution in [2.45, 2.75) is 20.3 Å². The molecule has 6 nitrogen and oxygen atoms in total. The average molecular weight is 350 g/mol. The third kappa shape index (κ3) is 3.69. The number of hydrogen-bond donors (Lipinski definition) is 2. The summed E-state index contributed by atoms with van der Waals surface area (Å²) in [7, 11) is 1.71. The Balaban J connectivity index is 1.79. The van der Waals surface area contributed by atoms with Crippen LogP contribution in [0.25, 0.3) is 0 Å². The summed E-state index contributed by atoms with van der Waals surface area (Å²) in [5, 5.41) is 7.61. The molecular formula is C20H22N4O2. The zero-order valence-electron chi connectivity index (χ0n) is 15.1. The van der Waals surface area contributed by atoms with E-state index in [0.717, 1.165) is 22.9 Å². The van der Waals surface area contributed by atoms with Gasteiger partial charge in [-0.1, -0.05) is 24.6 Å². The lowest BCUT2D eigenvalue weighted by atomic mass is 10.2. The van der Waals surface area contributed by atoms with Crippen LogP contribution < -0.4 is 15.8 Å². The van der Waals surface area contributed by atoms with Crippen LogP contribution in [0, 0.1) is 6.92 Å². The van der Waals surface area contributed by atoms with E-state index < -0.39 is 5.91 Å². The lowest BCUT2D eigenvalue weighted by molar-refractivity contribution is 0.0992. The molecule has 0 aliphatic heterocycles. The molecule has 0 fully saturated rings. The fourth-order valence-corrected chi connectivity index (χ4v) is 2.73. The Labute approximate surface area is 152 Å². The molecule has 0 saturated heterocycles. The number of benzene rings is 2. The largest absolute Gasteiger partial charge is 0.457 e. The molecule has 0 aliphatic rings. The topological polar surface area (TPSA) is 82.2 Å². The van der Waals surface area contributed by atoms with Gasteiger partial charge in [-0.3, -0.25) is 9.48 Å². The Morgan fingerprint density at radius 3 is 2.23 bits per heavy atom. The van der Waals surface area contributed by atoms with Gasteiger partial charge in [-0.2, -0.15) is 5.10 Å². The van der Waals surface area contributed by atoms with Gasteiger partial charge in [0, 0.05) is 12.7 Å². The van der Waals surface area contributed by atoms with E-state index in [-0.39, 0.29) is 0 Å². The minimum absolute atomic E-state index is 0.363. The summed E-state index contributed by atoms with van der Waals surface area (Å²) in [4.78, 5) is 11.7. The van der Waals surface area contributed by atoms with Crippen LogP contribution in [0.2, 0.25) is 0 Å². The Morgan fingerprint density at radius 1 is 1.12 bits per heavy atom. The number of primary amides is 1. The van der Waals surface area contributed by atoms with E-state index in [4.69, 9.17) is 10.5 Å². The van der Waals surface area contributed by atoms with Gasteiger partial charge in [0.05, 0.1) is 11.4 Å². The van der Waals surface area contributed by atoms with Crippen LogP contribution in [0.1, 0.15) is 28.7 Å². The van der Waals surface area contributed by atoms with Crippen molar-refractivity contribution in [3.8, 4) is 11.5 Å². The number of nitrogens with one attached hydrogen (secondary N) is 1. The van der Waals surface area contributed by atoms with Crippen LogP contribution in [0.5, 0.6) is 11.5 Å². The first-order valence-corrected chi connectivity index (χ1v) is 8.45. The van der Waals surface area contributed by atoms with Crippen molar-refractivity contribution in [2.75, 3.05) is 5.32 Å². The lowest BCUT2D eigenvalue weighted by Gasteiger charge is -2.10. The smallest absolute Gasteiger partial charge is 0.269 e. The van der Waals surface area contributed by atoms with Gasteiger partial charge in [-0.05, 0) is 49.7 Å². The number of hydrogen-bond acceptors (Lipinski definition) is 4.